The number of carbonyl (C=O) groups is 1. The number of benzene rings is 2. The zero-order valence-corrected chi connectivity index (χ0v) is 19.3. The number of nitrogens with two attached hydrogens (primary N) is 3. The third-order valence-corrected chi connectivity index (χ3v) is 4.67. The zero-order chi connectivity index (χ0) is 25.2. The maximum absolute atomic E-state index is 12.4. The van der Waals surface area contributed by atoms with E-state index in [9.17, 15) is 4.79 Å². The lowest BCUT2D eigenvalue weighted by Crippen LogP contribution is -2.22. The van der Waals surface area contributed by atoms with E-state index in [1.807, 2.05) is 25.1 Å². The molecule has 0 bridgehead atoms. The van der Waals surface area contributed by atoms with Crippen LogP contribution in [0.25, 0.3) is 0 Å². The van der Waals surface area contributed by atoms with Crippen LogP contribution >= 0.6 is 0 Å². The van der Waals surface area contributed by atoms with Crippen molar-refractivity contribution in [1.82, 2.24) is 4.98 Å². The Hall–Kier alpha value is -5.06. The average Bonchev–Trinajstić information content (AvgIpc) is 2.87. The van der Waals surface area contributed by atoms with E-state index in [2.05, 4.69) is 36.0 Å². The molecule has 0 fully saturated rings. The number of aromatic nitrogens is 1. The minimum Gasteiger partial charge on any atom is -0.380 e. The molecule has 1 heterocycles. The van der Waals surface area contributed by atoms with Crippen molar-refractivity contribution in [3.8, 4) is 0 Å². The summed E-state index contributed by atoms with van der Waals surface area (Å²) in [5, 5.41) is 21.3. The molecule has 2 aromatic carbocycles. The second-order valence-electron chi connectivity index (χ2n) is 7.33. The lowest BCUT2D eigenvalue weighted by atomic mass is 10.1. The predicted molar refractivity (Wildman–Crippen MR) is 141 cm³/mol. The zero-order valence-electron chi connectivity index (χ0n) is 19.3. The summed E-state index contributed by atoms with van der Waals surface area (Å²) in [6, 6.07) is 19.3. The molecule has 0 saturated carbocycles. The molecule has 11 heteroatoms. The van der Waals surface area contributed by atoms with Crippen LogP contribution in [0.3, 0.4) is 0 Å². The van der Waals surface area contributed by atoms with Crippen molar-refractivity contribution < 1.29 is 4.79 Å². The Morgan fingerprint density at radius 1 is 0.714 bits per heavy atom. The van der Waals surface area contributed by atoms with Gasteiger partial charge in [-0.2, -0.15) is 10.2 Å². The topological polar surface area (TPSA) is 182 Å². The largest absolute Gasteiger partial charge is 0.380 e. The fraction of sp³-hybridized carbons (Fsp3) is 0.0833. The highest BCUT2D eigenvalue weighted by Gasteiger charge is 2.05. The van der Waals surface area contributed by atoms with Crippen LogP contribution in [0.15, 0.2) is 93.3 Å². The number of hydrogen-bond donors (Lipinski definition) is 5. The van der Waals surface area contributed by atoms with E-state index >= 15 is 0 Å². The van der Waals surface area contributed by atoms with Gasteiger partial charge in [0.15, 0.2) is 5.84 Å². The molecular weight excluding hydrogens is 444 g/mol. The smallest absolute Gasteiger partial charge is 0.323 e. The molecule has 0 atom stereocenters. The van der Waals surface area contributed by atoms with E-state index in [0.29, 0.717) is 28.5 Å². The SMILES string of the molecule is C/C(=N/N=C(N)c1ccccn1)c1ccc(NC(=O)Nc2ccc(/C(C)=N/N=C(N)N)cc2)cc1. The van der Waals surface area contributed by atoms with Crippen molar-refractivity contribution >= 4 is 40.6 Å². The number of urea groups is 1. The minimum atomic E-state index is -0.380. The first-order valence-electron chi connectivity index (χ1n) is 10.5. The molecule has 35 heavy (non-hydrogen) atoms. The van der Waals surface area contributed by atoms with Gasteiger partial charge in [-0.3, -0.25) is 4.98 Å². The van der Waals surface area contributed by atoms with Gasteiger partial charge in [0.1, 0.15) is 5.69 Å². The first-order chi connectivity index (χ1) is 16.8. The van der Waals surface area contributed by atoms with Crippen LogP contribution in [0.4, 0.5) is 16.2 Å². The molecule has 0 saturated heterocycles. The predicted octanol–water partition coefficient (Wildman–Crippen LogP) is 2.85. The van der Waals surface area contributed by atoms with Crippen LogP contribution < -0.4 is 27.8 Å². The molecule has 1 aromatic heterocycles. The van der Waals surface area contributed by atoms with Gasteiger partial charge in [0.2, 0.25) is 5.96 Å². The normalized spacial score (nSPS) is 12.1. The van der Waals surface area contributed by atoms with Crippen molar-refractivity contribution in [3.05, 3.63) is 89.7 Å². The number of guanidine groups is 1. The highest BCUT2D eigenvalue weighted by molar-refractivity contribution is 6.03. The van der Waals surface area contributed by atoms with Crippen molar-refractivity contribution in [2.75, 3.05) is 10.6 Å². The third-order valence-electron chi connectivity index (χ3n) is 4.67. The molecule has 2 amide bonds. The molecule has 3 aromatic rings. The van der Waals surface area contributed by atoms with E-state index in [1.165, 1.54) is 0 Å². The lowest BCUT2D eigenvalue weighted by molar-refractivity contribution is 0.262. The number of anilines is 2. The van der Waals surface area contributed by atoms with Gasteiger partial charge in [0.25, 0.3) is 0 Å². The summed E-state index contributed by atoms with van der Waals surface area (Å²) in [7, 11) is 0. The molecule has 0 aliphatic heterocycles. The third kappa shape index (κ3) is 7.49. The Morgan fingerprint density at radius 2 is 1.23 bits per heavy atom. The van der Waals surface area contributed by atoms with Crippen LogP contribution in [0.2, 0.25) is 0 Å². The van der Waals surface area contributed by atoms with Crippen molar-refractivity contribution in [3.63, 3.8) is 0 Å². The summed E-state index contributed by atoms with van der Waals surface area (Å²) < 4.78 is 0. The number of pyridine rings is 1. The highest BCUT2D eigenvalue weighted by Crippen LogP contribution is 2.14. The molecule has 0 aliphatic rings. The van der Waals surface area contributed by atoms with Gasteiger partial charge in [-0.05, 0) is 61.4 Å². The lowest BCUT2D eigenvalue weighted by Gasteiger charge is -2.09. The van der Waals surface area contributed by atoms with Crippen LogP contribution in [-0.2, 0) is 0 Å². The first-order valence-corrected chi connectivity index (χ1v) is 10.5. The molecule has 178 valence electrons. The van der Waals surface area contributed by atoms with Gasteiger partial charge in [0.05, 0.1) is 11.4 Å². The number of hydrogen-bond acceptors (Lipinski definition) is 6. The maximum atomic E-state index is 12.4. The van der Waals surface area contributed by atoms with Gasteiger partial charge >= 0.3 is 6.03 Å². The van der Waals surface area contributed by atoms with E-state index in [0.717, 1.165) is 11.1 Å². The molecule has 0 spiro atoms. The van der Waals surface area contributed by atoms with Gasteiger partial charge < -0.3 is 27.8 Å². The Bertz CT molecular complexity index is 1270. The Morgan fingerprint density at radius 3 is 1.69 bits per heavy atom. The summed E-state index contributed by atoms with van der Waals surface area (Å²) in [6.45, 7) is 3.59. The number of carbonyl (C=O) groups excluding carboxylic acids is 1. The van der Waals surface area contributed by atoms with Crippen molar-refractivity contribution in [2.45, 2.75) is 13.8 Å². The van der Waals surface area contributed by atoms with E-state index in [1.54, 1.807) is 61.7 Å². The number of rotatable bonds is 7. The number of nitrogens with one attached hydrogen (secondary N) is 2. The summed E-state index contributed by atoms with van der Waals surface area (Å²) in [5.74, 6) is 0.109. The summed E-state index contributed by atoms with van der Waals surface area (Å²) >= 11 is 0. The van der Waals surface area contributed by atoms with Crippen molar-refractivity contribution in [1.29, 1.82) is 0 Å². The van der Waals surface area contributed by atoms with Crippen LogP contribution in [0.1, 0.15) is 30.7 Å². The highest BCUT2D eigenvalue weighted by atomic mass is 16.2. The second kappa shape index (κ2) is 11.7. The van der Waals surface area contributed by atoms with Crippen molar-refractivity contribution in [2.24, 2.45) is 37.6 Å². The van der Waals surface area contributed by atoms with Crippen LogP contribution in [0.5, 0.6) is 0 Å². The maximum Gasteiger partial charge on any atom is 0.323 e. The monoisotopic (exact) mass is 470 g/mol. The average molecular weight is 471 g/mol. The molecule has 0 radical (unpaired) electrons. The van der Waals surface area contributed by atoms with E-state index < -0.39 is 0 Å². The molecule has 11 nitrogen and oxygen atoms in total. The number of amides is 2. The molecule has 0 unspecified atom stereocenters. The Labute approximate surface area is 202 Å². The van der Waals surface area contributed by atoms with Crippen LogP contribution in [-0.4, -0.2) is 34.2 Å². The fourth-order valence-electron chi connectivity index (χ4n) is 2.83. The standard InChI is InChI=1S/C24H26N10O/c1-15(31-33-22(25)21-5-3-4-14-28-21)17-6-10-19(11-7-17)29-24(35)30-20-12-8-18(9-13-20)16(2)32-34-23(26)27/h3-14H,1-2H3,(H2,25,33)(H4,26,27,34)(H2,29,30,35)/b31-15-,32-16+. The van der Waals surface area contributed by atoms with E-state index in [4.69, 9.17) is 17.2 Å². The van der Waals surface area contributed by atoms with Gasteiger partial charge in [-0.1, -0.05) is 30.3 Å². The van der Waals surface area contributed by atoms with Crippen LogP contribution in [0, 0.1) is 0 Å². The summed E-state index contributed by atoms with van der Waals surface area (Å²) in [4.78, 5) is 16.5. The first kappa shape index (κ1) is 24.6. The Kier molecular flexibility index (Phi) is 8.22. The minimum absolute atomic E-state index is 0.117. The summed E-state index contributed by atoms with van der Waals surface area (Å²) in [6.07, 6.45) is 1.64. The van der Waals surface area contributed by atoms with Gasteiger partial charge in [-0.15, -0.1) is 10.2 Å². The van der Waals surface area contributed by atoms with Gasteiger partial charge in [0, 0.05) is 17.6 Å². The molecule has 3 rings (SSSR count). The Balaban J connectivity index is 1.58. The fourth-order valence-corrected chi connectivity index (χ4v) is 2.83. The molecule has 8 N–H and O–H groups in total. The summed E-state index contributed by atoms with van der Waals surface area (Å²) in [5.41, 5.74) is 21.2. The number of nitrogens with zero attached hydrogens (tertiary/aromatic N) is 5. The number of amidine groups is 1. The van der Waals surface area contributed by atoms with Gasteiger partial charge in [-0.25, -0.2) is 4.79 Å². The molecular formula is C24H26N10O. The second-order valence-corrected chi connectivity index (χ2v) is 7.33. The molecule has 0 aliphatic carbocycles. The quantitative estimate of drug-likeness (QED) is 0.202. The van der Waals surface area contributed by atoms with E-state index in [-0.39, 0.29) is 17.8 Å².